The van der Waals surface area contributed by atoms with Gasteiger partial charge in [-0.2, -0.15) is 0 Å². The molecule has 4 aliphatic rings. The van der Waals surface area contributed by atoms with Crippen LogP contribution in [0, 0.1) is 0 Å². The molecule has 0 N–H and O–H groups in total. The second-order valence-corrected chi connectivity index (χ2v) is 7.91. The summed E-state index contributed by atoms with van der Waals surface area (Å²) in [5.74, 6) is 0.154. The van der Waals surface area contributed by atoms with Gasteiger partial charge < -0.3 is 9.47 Å². The SMILES string of the molecule is O=C(C1OCCN1C1CCCCC1)C1OCCN1C1CCCCC1. The van der Waals surface area contributed by atoms with Crippen molar-refractivity contribution in [1.82, 2.24) is 9.80 Å². The van der Waals surface area contributed by atoms with E-state index in [9.17, 15) is 4.79 Å². The molecule has 0 bridgehead atoms. The largest absolute Gasteiger partial charge is 0.354 e. The molecule has 2 aliphatic carbocycles. The van der Waals surface area contributed by atoms with Crippen molar-refractivity contribution in [3.05, 3.63) is 0 Å². The van der Waals surface area contributed by atoms with Crippen LogP contribution in [0.1, 0.15) is 64.2 Å². The van der Waals surface area contributed by atoms with E-state index in [0.717, 1.165) is 13.1 Å². The Kier molecular flexibility index (Phi) is 5.52. The molecule has 0 aromatic rings. The van der Waals surface area contributed by atoms with Gasteiger partial charge in [0.15, 0.2) is 12.5 Å². The zero-order chi connectivity index (χ0) is 16.4. The zero-order valence-electron chi connectivity index (χ0n) is 14.8. The van der Waals surface area contributed by atoms with Gasteiger partial charge in [-0.05, 0) is 25.7 Å². The molecule has 0 aromatic carbocycles. The summed E-state index contributed by atoms with van der Waals surface area (Å²) >= 11 is 0. The predicted molar refractivity (Wildman–Crippen MR) is 91.6 cm³/mol. The van der Waals surface area contributed by atoms with Gasteiger partial charge in [-0.25, -0.2) is 0 Å². The molecular weight excluding hydrogens is 304 g/mol. The summed E-state index contributed by atoms with van der Waals surface area (Å²) in [6, 6.07) is 1.06. The molecule has 2 unspecified atom stereocenters. The summed E-state index contributed by atoms with van der Waals surface area (Å²) in [5.41, 5.74) is 0. The number of nitrogens with zero attached hydrogens (tertiary/aromatic N) is 2. The molecule has 4 rings (SSSR count). The van der Waals surface area contributed by atoms with Crippen LogP contribution in [0.25, 0.3) is 0 Å². The van der Waals surface area contributed by atoms with Crippen LogP contribution in [-0.2, 0) is 14.3 Å². The van der Waals surface area contributed by atoms with Crippen molar-refractivity contribution in [2.24, 2.45) is 0 Å². The van der Waals surface area contributed by atoms with E-state index in [0.29, 0.717) is 25.3 Å². The first-order valence-corrected chi connectivity index (χ1v) is 10.1. The van der Waals surface area contributed by atoms with Crippen molar-refractivity contribution in [3.63, 3.8) is 0 Å². The van der Waals surface area contributed by atoms with E-state index in [1.165, 1.54) is 64.2 Å². The molecule has 0 amide bonds. The quantitative estimate of drug-likeness (QED) is 0.789. The number of ketones is 1. The topological polar surface area (TPSA) is 42.0 Å². The van der Waals surface area contributed by atoms with E-state index in [1.807, 2.05) is 0 Å². The molecule has 0 spiro atoms. The minimum absolute atomic E-state index is 0.154. The lowest BCUT2D eigenvalue weighted by molar-refractivity contribution is -0.154. The molecule has 5 nitrogen and oxygen atoms in total. The standard InChI is InChI=1S/C19H32N2O3/c22-17(18-20(11-13-23-18)15-7-3-1-4-8-15)19-21(12-14-24-19)16-9-5-2-6-10-16/h15-16,18-19H,1-14H2. The first-order valence-electron chi connectivity index (χ1n) is 10.1. The van der Waals surface area contributed by atoms with Crippen LogP contribution < -0.4 is 0 Å². The lowest BCUT2D eigenvalue weighted by Crippen LogP contribution is -2.53. The fraction of sp³-hybridized carbons (Fsp3) is 0.947. The summed E-state index contributed by atoms with van der Waals surface area (Å²) in [7, 11) is 0. The van der Waals surface area contributed by atoms with E-state index in [1.54, 1.807) is 0 Å². The van der Waals surface area contributed by atoms with Crippen LogP contribution in [0.5, 0.6) is 0 Å². The summed E-state index contributed by atoms with van der Waals surface area (Å²) in [6.07, 6.45) is 11.9. The van der Waals surface area contributed by atoms with Crippen LogP contribution in [0.4, 0.5) is 0 Å². The molecule has 2 aliphatic heterocycles. The van der Waals surface area contributed by atoms with Gasteiger partial charge in [0.2, 0.25) is 5.78 Å². The van der Waals surface area contributed by atoms with Crippen molar-refractivity contribution in [3.8, 4) is 0 Å². The van der Waals surface area contributed by atoms with Gasteiger partial charge in [-0.15, -0.1) is 0 Å². The van der Waals surface area contributed by atoms with Crippen molar-refractivity contribution in [2.45, 2.75) is 88.7 Å². The van der Waals surface area contributed by atoms with Gasteiger partial charge in [0, 0.05) is 25.2 Å². The minimum atomic E-state index is -0.373. The number of ether oxygens (including phenoxy) is 2. The van der Waals surface area contributed by atoms with Crippen molar-refractivity contribution in [2.75, 3.05) is 26.3 Å². The third-order valence-corrected chi connectivity index (χ3v) is 6.43. The summed E-state index contributed by atoms with van der Waals surface area (Å²) in [5, 5.41) is 0. The van der Waals surface area contributed by atoms with Gasteiger partial charge in [0.25, 0.3) is 0 Å². The second kappa shape index (κ2) is 7.81. The summed E-state index contributed by atoms with van der Waals surface area (Å²) in [4.78, 5) is 17.9. The third-order valence-electron chi connectivity index (χ3n) is 6.43. The molecule has 0 aromatic heterocycles. The van der Waals surface area contributed by atoms with E-state index in [-0.39, 0.29) is 18.2 Å². The fourth-order valence-electron chi connectivity index (χ4n) is 5.15. The van der Waals surface area contributed by atoms with Crippen LogP contribution in [-0.4, -0.2) is 66.4 Å². The third kappa shape index (κ3) is 3.41. The fourth-order valence-corrected chi connectivity index (χ4v) is 5.15. The van der Waals surface area contributed by atoms with Crippen molar-refractivity contribution >= 4 is 5.78 Å². The highest BCUT2D eigenvalue weighted by molar-refractivity contribution is 5.87. The Labute approximate surface area is 145 Å². The van der Waals surface area contributed by atoms with E-state index >= 15 is 0 Å². The van der Waals surface area contributed by atoms with E-state index in [4.69, 9.17) is 9.47 Å². The Balaban J connectivity index is 1.43. The maximum Gasteiger partial charge on any atom is 0.220 e. The highest BCUT2D eigenvalue weighted by Crippen LogP contribution is 2.31. The van der Waals surface area contributed by atoms with Crippen molar-refractivity contribution < 1.29 is 14.3 Å². The molecule has 24 heavy (non-hydrogen) atoms. The Morgan fingerprint density at radius 1 is 0.667 bits per heavy atom. The summed E-state index contributed by atoms with van der Waals surface area (Å²) in [6.45, 7) is 3.17. The van der Waals surface area contributed by atoms with Gasteiger partial charge in [-0.1, -0.05) is 38.5 Å². The minimum Gasteiger partial charge on any atom is -0.354 e. The maximum absolute atomic E-state index is 13.2. The lowest BCUT2D eigenvalue weighted by Gasteiger charge is -2.37. The van der Waals surface area contributed by atoms with E-state index < -0.39 is 0 Å². The number of carbonyl (C=O) groups is 1. The molecule has 2 heterocycles. The molecule has 2 saturated heterocycles. The lowest BCUT2D eigenvalue weighted by atomic mass is 9.93. The highest BCUT2D eigenvalue weighted by atomic mass is 16.5. The Hall–Kier alpha value is -0.490. The van der Waals surface area contributed by atoms with Gasteiger partial charge in [0.1, 0.15) is 0 Å². The molecule has 2 atom stereocenters. The number of carbonyl (C=O) groups excluding carboxylic acids is 1. The number of hydrogen-bond acceptors (Lipinski definition) is 5. The van der Waals surface area contributed by atoms with Crippen molar-refractivity contribution in [1.29, 1.82) is 0 Å². The molecule has 4 fully saturated rings. The number of Topliss-reactive ketones (excluding diaryl/α,β-unsaturated/α-hetero) is 1. The normalized spacial score (nSPS) is 34.8. The average molecular weight is 336 g/mol. The molecule has 5 heteroatoms. The molecule has 136 valence electrons. The number of rotatable bonds is 4. The molecule has 2 saturated carbocycles. The summed E-state index contributed by atoms with van der Waals surface area (Å²) < 4.78 is 11.8. The monoisotopic (exact) mass is 336 g/mol. The molecular formula is C19H32N2O3. The van der Waals surface area contributed by atoms with Gasteiger partial charge in [-0.3, -0.25) is 14.6 Å². The predicted octanol–water partition coefficient (Wildman–Crippen LogP) is 2.54. The highest BCUT2D eigenvalue weighted by Gasteiger charge is 2.45. The first-order chi connectivity index (χ1) is 11.8. The van der Waals surface area contributed by atoms with Gasteiger partial charge in [0.05, 0.1) is 13.2 Å². The van der Waals surface area contributed by atoms with E-state index in [2.05, 4.69) is 9.80 Å². The number of hydrogen-bond donors (Lipinski definition) is 0. The maximum atomic E-state index is 13.2. The smallest absolute Gasteiger partial charge is 0.220 e. The Bertz CT molecular complexity index is 394. The Morgan fingerprint density at radius 2 is 1.08 bits per heavy atom. The van der Waals surface area contributed by atoms with Crippen LogP contribution >= 0.6 is 0 Å². The first kappa shape index (κ1) is 17.0. The van der Waals surface area contributed by atoms with Gasteiger partial charge >= 0.3 is 0 Å². The Morgan fingerprint density at radius 3 is 1.50 bits per heavy atom. The second-order valence-electron chi connectivity index (χ2n) is 7.91. The zero-order valence-corrected chi connectivity index (χ0v) is 14.8. The van der Waals surface area contributed by atoms with Crippen LogP contribution in [0.15, 0.2) is 0 Å². The average Bonchev–Trinajstić information content (AvgIpc) is 3.32. The molecule has 0 radical (unpaired) electrons. The van der Waals surface area contributed by atoms with Crippen LogP contribution in [0.2, 0.25) is 0 Å². The van der Waals surface area contributed by atoms with Crippen LogP contribution in [0.3, 0.4) is 0 Å².